The maximum atomic E-state index is 5.30. The predicted molar refractivity (Wildman–Crippen MR) is 70.9 cm³/mol. The maximum absolute atomic E-state index is 5.30. The van der Waals surface area contributed by atoms with Gasteiger partial charge in [-0.2, -0.15) is 0 Å². The number of anilines is 2. The van der Waals surface area contributed by atoms with Crippen molar-refractivity contribution in [2.24, 2.45) is 5.84 Å². The van der Waals surface area contributed by atoms with Gasteiger partial charge in [-0.05, 0) is 12.5 Å². The van der Waals surface area contributed by atoms with Gasteiger partial charge in [0, 0.05) is 29.0 Å². The Balaban J connectivity index is 1.96. The summed E-state index contributed by atoms with van der Waals surface area (Å²) in [4.78, 5) is 9.69. The molecule has 0 aliphatic heterocycles. The monoisotopic (exact) mass is 249 g/mol. The van der Waals surface area contributed by atoms with Gasteiger partial charge in [0.05, 0.1) is 6.54 Å². The number of nitrogens with one attached hydrogen (secondary N) is 2. The molecular weight excluding hydrogens is 234 g/mol. The van der Waals surface area contributed by atoms with Gasteiger partial charge in [-0.1, -0.05) is 6.92 Å². The first-order valence-corrected chi connectivity index (χ1v) is 6.23. The highest BCUT2D eigenvalue weighted by atomic mass is 32.1. The van der Waals surface area contributed by atoms with E-state index in [4.69, 9.17) is 5.84 Å². The Bertz CT molecular complexity index is 482. The summed E-state index contributed by atoms with van der Waals surface area (Å²) >= 11 is 1.73. The van der Waals surface area contributed by atoms with Crippen molar-refractivity contribution in [3.05, 3.63) is 34.4 Å². The first-order valence-electron chi connectivity index (χ1n) is 5.42. The van der Waals surface area contributed by atoms with E-state index in [1.54, 1.807) is 17.5 Å². The fraction of sp³-hybridized carbons (Fsp3) is 0.273. The van der Waals surface area contributed by atoms with Gasteiger partial charge >= 0.3 is 0 Å². The van der Waals surface area contributed by atoms with Crippen molar-refractivity contribution in [1.29, 1.82) is 0 Å². The van der Waals surface area contributed by atoms with Crippen molar-refractivity contribution in [3.8, 4) is 0 Å². The number of aryl methyl sites for hydroxylation is 1. The van der Waals surface area contributed by atoms with E-state index in [-0.39, 0.29) is 0 Å². The molecule has 90 valence electrons. The standard InChI is InChI=1S/C11H15N5S/c1-2-9-6-15-11(17-9)7-14-8-3-4-13-10(5-8)16-12/h3-6H,2,7,12H2,1H3,(H2,13,14,16). The fourth-order valence-electron chi connectivity index (χ4n) is 1.39. The first kappa shape index (κ1) is 11.8. The van der Waals surface area contributed by atoms with Crippen molar-refractivity contribution < 1.29 is 0 Å². The highest BCUT2D eigenvalue weighted by Crippen LogP contribution is 2.16. The van der Waals surface area contributed by atoms with Crippen LogP contribution in [0.25, 0.3) is 0 Å². The summed E-state index contributed by atoms with van der Waals surface area (Å²) in [5, 5.41) is 4.37. The second-order valence-electron chi connectivity index (χ2n) is 3.50. The first-order chi connectivity index (χ1) is 8.31. The van der Waals surface area contributed by atoms with Crippen LogP contribution in [0, 0.1) is 0 Å². The quantitative estimate of drug-likeness (QED) is 0.558. The van der Waals surface area contributed by atoms with E-state index in [2.05, 4.69) is 27.6 Å². The molecular formula is C11H15N5S. The van der Waals surface area contributed by atoms with Crippen LogP contribution in [0.15, 0.2) is 24.5 Å². The van der Waals surface area contributed by atoms with Crippen molar-refractivity contribution in [1.82, 2.24) is 9.97 Å². The Kier molecular flexibility index (Phi) is 3.89. The molecule has 0 fully saturated rings. The zero-order valence-electron chi connectivity index (χ0n) is 9.60. The van der Waals surface area contributed by atoms with E-state index < -0.39 is 0 Å². The smallest absolute Gasteiger partial charge is 0.141 e. The van der Waals surface area contributed by atoms with Crippen LogP contribution in [0.4, 0.5) is 11.5 Å². The fourth-order valence-corrected chi connectivity index (χ4v) is 2.19. The number of nitrogens with zero attached hydrogens (tertiary/aromatic N) is 2. The molecule has 5 nitrogen and oxygen atoms in total. The van der Waals surface area contributed by atoms with Crippen LogP contribution in [0.5, 0.6) is 0 Å². The lowest BCUT2D eigenvalue weighted by Gasteiger charge is -2.05. The molecule has 6 heteroatoms. The number of aromatic nitrogens is 2. The van der Waals surface area contributed by atoms with E-state index in [9.17, 15) is 0 Å². The molecule has 0 radical (unpaired) electrons. The van der Waals surface area contributed by atoms with Crippen LogP contribution in [0.3, 0.4) is 0 Å². The van der Waals surface area contributed by atoms with Gasteiger partial charge in [-0.25, -0.2) is 15.8 Å². The Labute approximate surface area is 104 Å². The Morgan fingerprint density at radius 3 is 3.00 bits per heavy atom. The lowest BCUT2D eigenvalue weighted by molar-refractivity contribution is 1.09. The lowest BCUT2D eigenvalue weighted by Crippen LogP contribution is -2.09. The molecule has 0 aliphatic carbocycles. The summed E-state index contributed by atoms with van der Waals surface area (Å²) in [5.41, 5.74) is 3.49. The minimum Gasteiger partial charge on any atom is -0.378 e. The van der Waals surface area contributed by atoms with Crippen molar-refractivity contribution in [2.75, 3.05) is 10.7 Å². The van der Waals surface area contributed by atoms with Crippen LogP contribution in [0.1, 0.15) is 16.8 Å². The Hall–Kier alpha value is -1.66. The third-order valence-corrected chi connectivity index (χ3v) is 3.44. The van der Waals surface area contributed by atoms with Crippen molar-refractivity contribution in [3.63, 3.8) is 0 Å². The van der Waals surface area contributed by atoms with Gasteiger partial charge in [0.2, 0.25) is 0 Å². The van der Waals surface area contributed by atoms with Gasteiger partial charge in [0.25, 0.3) is 0 Å². The molecule has 0 aromatic carbocycles. The van der Waals surface area contributed by atoms with Crippen LogP contribution in [0.2, 0.25) is 0 Å². The number of thiazole rings is 1. The summed E-state index contributed by atoms with van der Waals surface area (Å²) < 4.78 is 0. The van der Waals surface area contributed by atoms with E-state index in [1.165, 1.54) is 4.88 Å². The van der Waals surface area contributed by atoms with Gasteiger partial charge in [-0.15, -0.1) is 11.3 Å². The minimum atomic E-state index is 0.642. The summed E-state index contributed by atoms with van der Waals surface area (Å²) in [6.07, 6.45) is 4.67. The zero-order valence-corrected chi connectivity index (χ0v) is 10.4. The average Bonchev–Trinajstić information content (AvgIpc) is 2.84. The summed E-state index contributed by atoms with van der Waals surface area (Å²) in [7, 11) is 0. The summed E-state index contributed by atoms with van der Waals surface area (Å²) in [5.74, 6) is 5.94. The van der Waals surface area contributed by atoms with Gasteiger partial charge in [0.15, 0.2) is 0 Å². The second-order valence-corrected chi connectivity index (χ2v) is 4.70. The summed E-state index contributed by atoms with van der Waals surface area (Å²) in [6, 6.07) is 3.75. The number of hydrogen-bond donors (Lipinski definition) is 3. The average molecular weight is 249 g/mol. The van der Waals surface area contributed by atoms with Crippen molar-refractivity contribution >= 4 is 22.8 Å². The van der Waals surface area contributed by atoms with Crippen molar-refractivity contribution in [2.45, 2.75) is 19.9 Å². The third kappa shape index (κ3) is 3.15. The number of rotatable bonds is 5. The Morgan fingerprint density at radius 1 is 1.41 bits per heavy atom. The number of pyridine rings is 1. The molecule has 0 spiro atoms. The van der Waals surface area contributed by atoms with Gasteiger partial charge in [-0.3, -0.25) is 0 Å². The predicted octanol–water partition coefficient (Wildman–Crippen LogP) is 2.00. The summed E-state index contributed by atoms with van der Waals surface area (Å²) in [6.45, 7) is 2.85. The molecule has 2 aromatic heterocycles. The number of hydrazine groups is 1. The molecule has 0 atom stereocenters. The highest BCUT2D eigenvalue weighted by molar-refractivity contribution is 7.11. The molecule has 0 bridgehead atoms. The number of nitrogen functional groups attached to an aromatic ring is 1. The highest BCUT2D eigenvalue weighted by Gasteiger charge is 2.01. The number of hydrogen-bond acceptors (Lipinski definition) is 6. The van der Waals surface area contributed by atoms with Gasteiger partial charge in [0.1, 0.15) is 10.8 Å². The molecule has 2 aromatic rings. The third-order valence-electron chi connectivity index (χ3n) is 2.30. The second kappa shape index (κ2) is 5.60. The molecule has 0 saturated carbocycles. The molecule has 17 heavy (non-hydrogen) atoms. The van der Waals surface area contributed by atoms with E-state index in [0.717, 1.165) is 23.7 Å². The number of nitrogens with two attached hydrogens (primary N) is 1. The molecule has 4 N–H and O–H groups in total. The van der Waals surface area contributed by atoms with Crippen LogP contribution < -0.4 is 16.6 Å². The van der Waals surface area contributed by atoms with Crippen LogP contribution in [-0.2, 0) is 13.0 Å². The molecule has 2 rings (SSSR count). The topological polar surface area (TPSA) is 75.9 Å². The lowest BCUT2D eigenvalue weighted by atomic mass is 10.4. The minimum absolute atomic E-state index is 0.642. The van der Waals surface area contributed by atoms with Crippen LogP contribution >= 0.6 is 11.3 Å². The molecule has 2 heterocycles. The van der Waals surface area contributed by atoms with Crippen LogP contribution in [-0.4, -0.2) is 9.97 Å². The van der Waals surface area contributed by atoms with E-state index in [1.807, 2.05) is 18.3 Å². The van der Waals surface area contributed by atoms with E-state index in [0.29, 0.717) is 5.82 Å². The van der Waals surface area contributed by atoms with Gasteiger partial charge < -0.3 is 10.7 Å². The normalized spacial score (nSPS) is 10.2. The molecule has 0 amide bonds. The molecule has 0 saturated heterocycles. The SMILES string of the molecule is CCc1cnc(CNc2ccnc(NN)c2)s1. The largest absolute Gasteiger partial charge is 0.378 e. The zero-order chi connectivity index (χ0) is 12.1. The molecule has 0 unspecified atom stereocenters. The maximum Gasteiger partial charge on any atom is 0.141 e. The Morgan fingerprint density at radius 2 is 2.29 bits per heavy atom. The molecule has 0 aliphatic rings. The van der Waals surface area contributed by atoms with E-state index >= 15 is 0 Å².